The molecule has 0 atom stereocenters. The highest BCUT2D eigenvalue weighted by molar-refractivity contribution is 5.50. The Bertz CT molecular complexity index is 496. The van der Waals surface area contributed by atoms with Gasteiger partial charge in [-0.05, 0) is 30.9 Å². The first kappa shape index (κ1) is 14.6. The van der Waals surface area contributed by atoms with Gasteiger partial charge in [0.05, 0.1) is 6.61 Å². The monoisotopic (exact) mass is 269 g/mol. The molecule has 2 rings (SSSR count). The second-order valence-corrected chi connectivity index (χ2v) is 4.96. The molecular weight excluding hydrogens is 246 g/mol. The Morgan fingerprint density at radius 3 is 2.45 bits per heavy atom. The Morgan fingerprint density at radius 1 is 0.900 bits per heavy atom. The van der Waals surface area contributed by atoms with Gasteiger partial charge in [0.15, 0.2) is 0 Å². The van der Waals surface area contributed by atoms with Gasteiger partial charge in [-0.2, -0.15) is 0 Å². The quantitative estimate of drug-likeness (QED) is 0.723. The van der Waals surface area contributed by atoms with Crippen molar-refractivity contribution in [3.8, 4) is 0 Å². The Morgan fingerprint density at radius 2 is 1.65 bits per heavy atom. The molecule has 0 saturated carbocycles. The van der Waals surface area contributed by atoms with Gasteiger partial charge in [-0.1, -0.05) is 48.5 Å². The predicted octanol–water partition coefficient (Wildman–Crippen LogP) is 4.27. The number of aryl methyl sites for hydroxylation is 1. The smallest absolute Gasteiger partial charge is 0.0733 e. The van der Waals surface area contributed by atoms with E-state index in [1.807, 2.05) is 0 Å². The molecule has 0 aliphatic rings. The van der Waals surface area contributed by atoms with Crippen LogP contribution in [0.15, 0.2) is 54.6 Å². The van der Waals surface area contributed by atoms with E-state index >= 15 is 0 Å². The lowest BCUT2D eigenvalue weighted by Crippen LogP contribution is -2.05. The van der Waals surface area contributed by atoms with Gasteiger partial charge in [0.25, 0.3) is 0 Å². The van der Waals surface area contributed by atoms with Crippen molar-refractivity contribution >= 4 is 5.69 Å². The second-order valence-electron chi connectivity index (χ2n) is 4.96. The Balaban J connectivity index is 1.71. The van der Waals surface area contributed by atoms with E-state index in [1.54, 1.807) is 7.11 Å². The minimum Gasteiger partial charge on any atom is -0.385 e. The molecule has 0 radical (unpaired) electrons. The minimum atomic E-state index is 0.660. The van der Waals surface area contributed by atoms with Crippen LogP contribution < -0.4 is 5.32 Å². The van der Waals surface area contributed by atoms with Crippen molar-refractivity contribution in [2.75, 3.05) is 19.0 Å². The summed E-state index contributed by atoms with van der Waals surface area (Å²) in [5.74, 6) is 0. The van der Waals surface area contributed by atoms with Crippen LogP contribution in [0.2, 0.25) is 0 Å². The molecule has 2 heteroatoms. The summed E-state index contributed by atoms with van der Waals surface area (Å²) >= 11 is 0. The average molecular weight is 269 g/mol. The van der Waals surface area contributed by atoms with E-state index in [1.165, 1.54) is 29.7 Å². The molecule has 0 aromatic heterocycles. The van der Waals surface area contributed by atoms with Gasteiger partial charge in [-0.15, -0.1) is 0 Å². The molecular formula is C18H23NO. The van der Waals surface area contributed by atoms with Crippen LogP contribution in [0.4, 0.5) is 5.69 Å². The van der Waals surface area contributed by atoms with E-state index in [9.17, 15) is 0 Å². The third-order valence-electron chi connectivity index (χ3n) is 3.37. The molecule has 0 unspecified atom stereocenters. The molecule has 0 aliphatic heterocycles. The zero-order valence-corrected chi connectivity index (χ0v) is 12.1. The van der Waals surface area contributed by atoms with Crippen LogP contribution in [-0.2, 0) is 17.8 Å². The van der Waals surface area contributed by atoms with E-state index < -0.39 is 0 Å². The summed E-state index contributed by atoms with van der Waals surface area (Å²) in [7, 11) is 1.73. The van der Waals surface area contributed by atoms with Crippen molar-refractivity contribution in [1.29, 1.82) is 0 Å². The molecule has 0 fully saturated rings. The summed E-state index contributed by atoms with van der Waals surface area (Å²) in [5.41, 5.74) is 3.83. The molecule has 106 valence electrons. The maximum Gasteiger partial charge on any atom is 0.0733 e. The number of hydrogen-bond acceptors (Lipinski definition) is 2. The maximum absolute atomic E-state index is 5.21. The fourth-order valence-corrected chi connectivity index (χ4v) is 2.30. The van der Waals surface area contributed by atoms with Crippen LogP contribution in [0, 0.1) is 0 Å². The number of methoxy groups -OCH3 is 1. The standard InChI is InChI=1S/C18H23NO/c1-20-15-17-12-5-6-13-18(17)19-14-8-7-11-16-9-3-2-4-10-16/h2-6,9-10,12-13,19H,7-8,11,14-15H2,1H3. The number of rotatable bonds is 8. The summed E-state index contributed by atoms with van der Waals surface area (Å²) in [6.07, 6.45) is 3.54. The minimum absolute atomic E-state index is 0.660. The van der Waals surface area contributed by atoms with Crippen molar-refractivity contribution in [3.63, 3.8) is 0 Å². The predicted molar refractivity (Wildman–Crippen MR) is 85.0 cm³/mol. The zero-order valence-electron chi connectivity index (χ0n) is 12.1. The topological polar surface area (TPSA) is 21.3 Å². The number of benzene rings is 2. The SMILES string of the molecule is COCc1ccccc1NCCCCc1ccccc1. The van der Waals surface area contributed by atoms with Gasteiger partial charge in [0.2, 0.25) is 0 Å². The van der Waals surface area contributed by atoms with Crippen molar-refractivity contribution in [1.82, 2.24) is 0 Å². The molecule has 0 heterocycles. The van der Waals surface area contributed by atoms with Gasteiger partial charge in [0.1, 0.15) is 0 Å². The van der Waals surface area contributed by atoms with Crippen LogP contribution in [0.25, 0.3) is 0 Å². The molecule has 0 saturated heterocycles. The summed E-state index contributed by atoms with van der Waals surface area (Å²) in [5, 5.41) is 3.50. The van der Waals surface area contributed by atoms with E-state index in [2.05, 4.69) is 59.9 Å². The van der Waals surface area contributed by atoms with E-state index in [0.717, 1.165) is 13.0 Å². The summed E-state index contributed by atoms with van der Waals surface area (Å²) in [4.78, 5) is 0. The normalized spacial score (nSPS) is 10.4. The van der Waals surface area contributed by atoms with E-state index in [-0.39, 0.29) is 0 Å². The Labute approximate surface area is 121 Å². The number of anilines is 1. The molecule has 0 spiro atoms. The lowest BCUT2D eigenvalue weighted by molar-refractivity contribution is 0.185. The number of para-hydroxylation sites is 1. The summed E-state index contributed by atoms with van der Waals surface area (Å²) in [6, 6.07) is 19.0. The van der Waals surface area contributed by atoms with Gasteiger partial charge in [-0.3, -0.25) is 0 Å². The van der Waals surface area contributed by atoms with Gasteiger partial charge in [0, 0.05) is 24.9 Å². The highest BCUT2D eigenvalue weighted by Crippen LogP contribution is 2.16. The Hall–Kier alpha value is -1.80. The third-order valence-corrected chi connectivity index (χ3v) is 3.37. The van der Waals surface area contributed by atoms with E-state index in [4.69, 9.17) is 4.74 Å². The van der Waals surface area contributed by atoms with Crippen molar-refractivity contribution in [2.24, 2.45) is 0 Å². The maximum atomic E-state index is 5.21. The Kier molecular flexibility index (Phi) is 6.12. The average Bonchev–Trinajstić information content (AvgIpc) is 2.50. The molecule has 2 aromatic rings. The molecule has 2 nitrogen and oxygen atoms in total. The molecule has 20 heavy (non-hydrogen) atoms. The highest BCUT2D eigenvalue weighted by Gasteiger charge is 2.00. The van der Waals surface area contributed by atoms with Crippen LogP contribution in [-0.4, -0.2) is 13.7 Å². The molecule has 0 bridgehead atoms. The first-order valence-electron chi connectivity index (χ1n) is 7.25. The van der Waals surface area contributed by atoms with E-state index in [0.29, 0.717) is 6.61 Å². The van der Waals surface area contributed by atoms with Crippen molar-refractivity contribution < 1.29 is 4.74 Å². The summed E-state index contributed by atoms with van der Waals surface area (Å²) < 4.78 is 5.21. The number of unbranched alkanes of at least 4 members (excludes halogenated alkanes) is 1. The van der Waals surface area contributed by atoms with Crippen molar-refractivity contribution in [3.05, 3.63) is 65.7 Å². The molecule has 0 amide bonds. The van der Waals surface area contributed by atoms with Crippen molar-refractivity contribution in [2.45, 2.75) is 25.9 Å². The van der Waals surface area contributed by atoms with Gasteiger partial charge >= 0.3 is 0 Å². The van der Waals surface area contributed by atoms with Crippen LogP contribution in [0.3, 0.4) is 0 Å². The fraction of sp³-hybridized carbons (Fsp3) is 0.333. The number of hydrogen-bond donors (Lipinski definition) is 1. The zero-order chi connectivity index (χ0) is 14.0. The molecule has 2 aromatic carbocycles. The lowest BCUT2D eigenvalue weighted by Gasteiger charge is -2.11. The summed E-state index contributed by atoms with van der Waals surface area (Å²) in [6.45, 7) is 1.67. The highest BCUT2D eigenvalue weighted by atomic mass is 16.5. The molecule has 0 aliphatic carbocycles. The number of ether oxygens (including phenoxy) is 1. The third kappa shape index (κ3) is 4.71. The first-order chi connectivity index (χ1) is 9.90. The van der Waals surface area contributed by atoms with Gasteiger partial charge in [-0.25, -0.2) is 0 Å². The largest absolute Gasteiger partial charge is 0.385 e. The first-order valence-corrected chi connectivity index (χ1v) is 7.25. The number of nitrogens with one attached hydrogen (secondary N) is 1. The lowest BCUT2D eigenvalue weighted by atomic mass is 10.1. The van der Waals surface area contributed by atoms with Crippen LogP contribution in [0.5, 0.6) is 0 Å². The van der Waals surface area contributed by atoms with Gasteiger partial charge < -0.3 is 10.1 Å². The van der Waals surface area contributed by atoms with Crippen LogP contribution in [0.1, 0.15) is 24.0 Å². The second kappa shape index (κ2) is 8.39. The van der Waals surface area contributed by atoms with Crippen LogP contribution >= 0.6 is 0 Å². The fourth-order valence-electron chi connectivity index (χ4n) is 2.30. The molecule has 1 N–H and O–H groups in total.